The first-order chi connectivity index (χ1) is 18.7. The fraction of sp³-hybridized carbons (Fsp3) is 0.433. The summed E-state index contributed by atoms with van der Waals surface area (Å²) in [5.74, 6) is -0.274. The van der Waals surface area contributed by atoms with E-state index in [0.717, 1.165) is 69.3 Å². The summed E-state index contributed by atoms with van der Waals surface area (Å²) in [7, 11) is 0. The summed E-state index contributed by atoms with van der Waals surface area (Å²) >= 11 is 0. The molecule has 0 unspecified atom stereocenters. The van der Waals surface area contributed by atoms with Gasteiger partial charge in [0, 0.05) is 31.2 Å². The van der Waals surface area contributed by atoms with Gasteiger partial charge >= 0.3 is 6.18 Å². The van der Waals surface area contributed by atoms with Crippen LogP contribution in [0.2, 0.25) is 0 Å². The van der Waals surface area contributed by atoms with Crippen molar-refractivity contribution in [3.63, 3.8) is 0 Å². The van der Waals surface area contributed by atoms with Crippen molar-refractivity contribution in [2.45, 2.75) is 63.6 Å². The molecule has 206 valence electrons. The second kappa shape index (κ2) is 10.9. The molecule has 1 saturated carbocycles. The first-order valence-electron chi connectivity index (χ1n) is 13.5. The summed E-state index contributed by atoms with van der Waals surface area (Å²) in [5.41, 5.74) is 0.468. The lowest BCUT2D eigenvalue weighted by Gasteiger charge is -2.34. The predicted octanol–water partition coefficient (Wildman–Crippen LogP) is 6.66. The SMILES string of the molecule is CC1CCN(c2ncc(C(=O)NCc3cc(F)cc(C(F)(F)F)c3)c(C3(c4ccccc4)CCCC3)n2)CC1. The van der Waals surface area contributed by atoms with Crippen LogP contribution in [0.3, 0.4) is 0 Å². The van der Waals surface area contributed by atoms with Crippen LogP contribution in [-0.4, -0.2) is 29.0 Å². The van der Waals surface area contributed by atoms with Crippen LogP contribution in [0.4, 0.5) is 23.5 Å². The van der Waals surface area contributed by atoms with Gasteiger partial charge in [0.1, 0.15) is 5.82 Å². The maximum Gasteiger partial charge on any atom is 0.416 e. The van der Waals surface area contributed by atoms with Crippen molar-refractivity contribution >= 4 is 11.9 Å². The molecule has 1 aliphatic carbocycles. The minimum atomic E-state index is -4.69. The molecule has 2 aliphatic rings. The van der Waals surface area contributed by atoms with E-state index in [2.05, 4.69) is 34.3 Å². The molecule has 0 atom stereocenters. The van der Waals surface area contributed by atoms with E-state index in [4.69, 9.17) is 4.98 Å². The van der Waals surface area contributed by atoms with E-state index in [1.54, 1.807) is 6.20 Å². The number of anilines is 1. The Kier molecular flexibility index (Phi) is 7.60. The highest BCUT2D eigenvalue weighted by Gasteiger charge is 2.42. The molecule has 2 heterocycles. The highest BCUT2D eigenvalue weighted by Crippen LogP contribution is 2.47. The molecule has 0 bridgehead atoms. The Balaban J connectivity index is 1.50. The third kappa shape index (κ3) is 5.77. The number of carbonyl (C=O) groups excluding carboxylic acids is 1. The van der Waals surface area contributed by atoms with E-state index in [9.17, 15) is 22.4 Å². The first kappa shape index (κ1) is 27.1. The van der Waals surface area contributed by atoms with Crippen LogP contribution in [0.1, 0.15) is 78.2 Å². The number of rotatable bonds is 6. The number of nitrogens with one attached hydrogen (secondary N) is 1. The van der Waals surface area contributed by atoms with Crippen LogP contribution in [0.25, 0.3) is 0 Å². The molecule has 5 nitrogen and oxygen atoms in total. The number of piperidine rings is 1. The Morgan fingerprint density at radius 2 is 1.77 bits per heavy atom. The van der Waals surface area contributed by atoms with E-state index in [0.29, 0.717) is 29.2 Å². The highest BCUT2D eigenvalue weighted by atomic mass is 19.4. The molecule has 0 spiro atoms. The second-order valence-electron chi connectivity index (χ2n) is 10.8. The lowest BCUT2D eigenvalue weighted by atomic mass is 9.74. The summed E-state index contributed by atoms with van der Waals surface area (Å²) in [6.07, 6.45) is 2.55. The van der Waals surface area contributed by atoms with Crippen molar-refractivity contribution in [1.29, 1.82) is 0 Å². The van der Waals surface area contributed by atoms with Crippen molar-refractivity contribution in [3.8, 4) is 0 Å². The zero-order valence-corrected chi connectivity index (χ0v) is 21.9. The lowest BCUT2D eigenvalue weighted by Crippen LogP contribution is -2.37. The maximum atomic E-state index is 13.9. The van der Waals surface area contributed by atoms with Gasteiger partial charge in [-0.2, -0.15) is 13.2 Å². The molecule has 9 heteroatoms. The van der Waals surface area contributed by atoms with Gasteiger partial charge < -0.3 is 10.2 Å². The summed E-state index contributed by atoms with van der Waals surface area (Å²) in [4.78, 5) is 25.3. The number of benzene rings is 2. The number of hydrogen-bond acceptors (Lipinski definition) is 4. The molecule has 5 rings (SSSR count). The number of amides is 1. The van der Waals surface area contributed by atoms with Crippen LogP contribution < -0.4 is 10.2 Å². The molecule has 2 aromatic carbocycles. The minimum absolute atomic E-state index is 0.0239. The third-order valence-corrected chi connectivity index (χ3v) is 8.06. The quantitative estimate of drug-likeness (QED) is 0.355. The molecule has 1 aromatic heterocycles. The fourth-order valence-electron chi connectivity index (χ4n) is 5.86. The fourth-order valence-corrected chi connectivity index (χ4v) is 5.86. The molecular formula is C30H32F4N4O. The van der Waals surface area contributed by atoms with Gasteiger partial charge in [-0.25, -0.2) is 14.4 Å². The average Bonchev–Trinajstić information content (AvgIpc) is 3.43. The van der Waals surface area contributed by atoms with Gasteiger partial charge in [0.15, 0.2) is 0 Å². The topological polar surface area (TPSA) is 58.1 Å². The first-order valence-corrected chi connectivity index (χ1v) is 13.5. The number of alkyl halides is 3. The molecular weight excluding hydrogens is 508 g/mol. The average molecular weight is 541 g/mol. The van der Waals surface area contributed by atoms with Crippen molar-refractivity contribution in [2.75, 3.05) is 18.0 Å². The van der Waals surface area contributed by atoms with Gasteiger partial charge in [0.2, 0.25) is 5.95 Å². The van der Waals surface area contributed by atoms with Crippen molar-refractivity contribution in [1.82, 2.24) is 15.3 Å². The van der Waals surface area contributed by atoms with E-state index in [-0.39, 0.29) is 12.1 Å². The van der Waals surface area contributed by atoms with E-state index in [1.807, 2.05) is 18.2 Å². The molecule has 1 N–H and O–H groups in total. The molecule has 0 radical (unpaired) electrons. The highest BCUT2D eigenvalue weighted by molar-refractivity contribution is 5.95. The predicted molar refractivity (Wildman–Crippen MR) is 141 cm³/mol. The van der Waals surface area contributed by atoms with Crippen LogP contribution in [0, 0.1) is 11.7 Å². The number of nitrogens with zero attached hydrogens (tertiary/aromatic N) is 3. The van der Waals surface area contributed by atoms with Crippen molar-refractivity contribution in [3.05, 3.63) is 88.5 Å². The number of hydrogen-bond donors (Lipinski definition) is 1. The molecule has 3 aromatic rings. The van der Waals surface area contributed by atoms with Crippen molar-refractivity contribution < 1.29 is 22.4 Å². The Labute approximate surface area is 225 Å². The normalized spacial score (nSPS) is 17.8. The molecule has 1 aliphatic heterocycles. The molecule has 2 fully saturated rings. The largest absolute Gasteiger partial charge is 0.416 e. The lowest BCUT2D eigenvalue weighted by molar-refractivity contribution is -0.137. The smallest absolute Gasteiger partial charge is 0.348 e. The third-order valence-electron chi connectivity index (χ3n) is 8.06. The monoisotopic (exact) mass is 540 g/mol. The van der Waals surface area contributed by atoms with Crippen LogP contribution in [-0.2, 0) is 18.1 Å². The summed E-state index contributed by atoms with van der Waals surface area (Å²) in [6.45, 7) is 3.65. The van der Waals surface area contributed by atoms with E-state index < -0.39 is 28.9 Å². The Bertz CT molecular complexity index is 1310. The number of aromatic nitrogens is 2. The van der Waals surface area contributed by atoms with Gasteiger partial charge in [0.25, 0.3) is 5.91 Å². The zero-order chi connectivity index (χ0) is 27.6. The number of halogens is 4. The number of carbonyl (C=O) groups is 1. The van der Waals surface area contributed by atoms with Gasteiger partial charge in [-0.15, -0.1) is 0 Å². The van der Waals surface area contributed by atoms with Gasteiger partial charge in [-0.3, -0.25) is 4.79 Å². The Morgan fingerprint density at radius 3 is 2.44 bits per heavy atom. The molecule has 1 amide bonds. The van der Waals surface area contributed by atoms with Gasteiger partial charge in [-0.1, -0.05) is 50.1 Å². The molecule has 1 saturated heterocycles. The zero-order valence-electron chi connectivity index (χ0n) is 21.9. The van der Waals surface area contributed by atoms with E-state index >= 15 is 0 Å². The van der Waals surface area contributed by atoms with Crippen LogP contribution >= 0.6 is 0 Å². The molecule has 39 heavy (non-hydrogen) atoms. The Hall–Kier alpha value is -3.49. The van der Waals surface area contributed by atoms with Crippen molar-refractivity contribution in [2.24, 2.45) is 5.92 Å². The van der Waals surface area contributed by atoms with E-state index in [1.165, 1.54) is 0 Å². The van der Waals surface area contributed by atoms with Crippen LogP contribution in [0.5, 0.6) is 0 Å². The summed E-state index contributed by atoms with van der Waals surface area (Å²) < 4.78 is 53.5. The summed E-state index contributed by atoms with van der Waals surface area (Å²) in [5, 5.41) is 2.69. The maximum absolute atomic E-state index is 13.9. The van der Waals surface area contributed by atoms with Gasteiger partial charge in [0.05, 0.1) is 16.8 Å². The second-order valence-corrected chi connectivity index (χ2v) is 10.8. The minimum Gasteiger partial charge on any atom is -0.348 e. The van der Waals surface area contributed by atoms with Gasteiger partial charge in [-0.05, 0) is 60.9 Å². The standard InChI is InChI=1S/C30H32F4N4O/c1-20-9-13-38(14-10-20)28-36-19-25(26(37-28)29(11-5-6-12-29)22-7-3-2-4-8-22)27(39)35-18-21-15-23(30(32,33)34)17-24(31)16-21/h2-4,7-8,15-17,19-20H,5-6,9-14,18H2,1H3,(H,35,39). The van der Waals surface area contributed by atoms with Crippen LogP contribution in [0.15, 0.2) is 54.7 Å². The summed E-state index contributed by atoms with van der Waals surface area (Å²) in [6, 6.07) is 12.3. The Morgan fingerprint density at radius 1 is 1.08 bits per heavy atom.